The third-order valence-electron chi connectivity index (χ3n) is 2.75. The van der Waals surface area contributed by atoms with Gasteiger partial charge in [0, 0.05) is 13.1 Å². The fraction of sp³-hybridized carbons (Fsp3) is 0.556. The maximum atomic E-state index is 11.9. The molecule has 0 atom stereocenters. The summed E-state index contributed by atoms with van der Waals surface area (Å²) in [4.78, 5) is 23.9. The zero-order valence-electron chi connectivity index (χ0n) is 9.89. The van der Waals surface area contributed by atoms with Crippen molar-refractivity contribution in [3.63, 3.8) is 0 Å². The van der Waals surface area contributed by atoms with E-state index in [4.69, 9.17) is 5.11 Å². The molecule has 1 aliphatic rings. The number of aromatic carboxylic acids is 1. The van der Waals surface area contributed by atoms with Gasteiger partial charge in [-0.15, -0.1) is 5.10 Å². The molecule has 0 saturated carbocycles. The second-order valence-corrected chi connectivity index (χ2v) is 6.44. The van der Waals surface area contributed by atoms with Gasteiger partial charge in [-0.25, -0.2) is 17.9 Å². The summed E-state index contributed by atoms with van der Waals surface area (Å²) in [5.41, 5.74) is -0.242. The van der Waals surface area contributed by atoms with E-state index in [1.165, 1.54) is 4.90 Å². The van der Waals surface area contributed by atoms with E-state index in [0.29, 0.717) is 0 Å². The molecule has 1 aliphatic heterocycles. The fourth-order valence-electron chi connectivity index (χ4n) is 1.67. The third-order valence-corrected chi connectivity index (χ3v) is 4.36. The molecule has 10 heteroatoms. The Morgan fingerprint density at radius 2 is 1.95 bits per heavy atom. The van der Waals surface area contributed by atoms with Gasteiger partial charge in [-0.3, -0.25) is 4.79 Å². The van der Waals surface area contributed by atoms with Gasteiger partial charge in [0.25, 0.3) is 0 Å². The van der Waals surface area contributed by atoms with Gasteiger partial charge in [0.1, 0.15) is 6.54 Å². The third kappa shape index (κ3) is 3.28. The van der Waals surface area contributed by atoms with Crippen LogP contribution in [0, 0.1) is 0 Å². The maximum absolute atomic E-state index is 11.9. The average Bonchev–Trinajstić information content (AvgIpc) is 2.77. The molecule has 0 spiro atoms. The van der Waals surface area contributed by atoms with Crippen LogP contribution in [0.1, 0.15) is 10.5 Å². The lowest BCUT2D eigenvalue weighted by molar-refractivity contribution is -0.131. The summed E-state index contributed by atoms with van der Waals surface area (Å²) in [6, 6.07) is 0. The van der Waals surface area contributed by atoms with E-state index >= 15 is 0 Å². The lowest BCUT2D eigenvalue weighted by Gasteiger charge is -2.26. The van der Waals surface area contributed by atoms with Crippen molar-refractivity contribution in [1.29, 1.82) is 0 Å². The Balaban J connectivity index is 1.96. The Morgan fingerprint density at radius 1 is 1.32 bits per heavy atom. The van der Waals surface area contributed by atoms with Crippen LogP contribution < -0.4 is 0 Å². The summed E-state index contributed by atoms with van der Waals surface area (Å²) in [5, 5.41) is 15.6. The maximum Gasteiger partial charge on any atom is 0.358 e. The molecule has 0 aliphatic carbocycles. The van der Waals surface area contributed by atoms with Crippen LogP contribution in [0.3, 0.4) is 0 Å². The smallest absolute Gasteiger partial charge is 0.358 e. The van der Waals surface area contributed by atoms with E-state index in [-0.39, 0.29) is 42.7 Å². The quantitative estimate of drug-likeness (QED) is 0.698. The number of hydrogen-bond donors (Lipinski definition) is 1. The van der Waals surface area contributed by atoms with Crippen LogP contribution in [0.5, 0.6) is 0 Å². The zero-order chi connectivity index (χ0) is 14.0. The van der Waals surface area contributed by atoms with Gasteiger partial charge in [-0.2, -0.15) is 0 Å². The number of aromatic nitrogens is 3. The van der Waals surface area contributed by atoms with Crippen LogP contribution in [-0.4, -0.2) is 69.9 Å². The molecule has 0 radical (unpaired) electrons. The normalized spacial score (nSPS) is 18.2. The van der Waals surface area contributed by atoms with Crippen molar-refractivity contribution in [1.82, 2.24) is 19.9 Å². The Kier molecular flexibility index (Phi) is 3.51. The summed E-state index contributed by atoms with van der Waals surface area (Å²) >= 11 is 0. The Labute approximate surface area is 108 Å². The molecule has 0 bridgehead atoms. The molecule has 0 unspecified atom stereocenters. The van der Waals surface area contributed by atoms with Crippen molar-refractivity contribution < 1.29 is 23.1 Å². The predicted molar refractivity (Wildman–Crippen MR) is 62.2 cm³/mol. The summed E-state index contributed by atoms with van der Waals surface area (Å²) in [6.45, 7) is 0.156. The van der Waals surface area contributed by atoms with Gasteiger partial charge in [-0.05, 0) is 0 Å². The molecule has 1 amide bonds. The number of sulfone groups is 1. The number of carboxylic acids is 1. The summed E-state index contributed by atoms with van der Waals surface area (Å²) < 4.78 is 23.6. The fourth-order valence-corrected chi connectivity index (χ4v) is 2.88. The lowest BCUT2D eigenvalue weighted by atomic mass is 10.4. The average molecular weight is 288 g/mol. The molecular formula is C9H12N4O5S. The van der Waals surface area contributed by atoms with Crippen LogP contribution in [0.25, 0.3) is 0 Å². The van der Waals surface area contributed by atoms with E-state index in [0.717, 1.165) is 10.9 Å². The van der Waals surface area contributed by atoms with Crippen molar-refractivity contribution >= 4 is 21.7 Å². The van der Waals surface area contributed by atoms with Gasteiger partial charge in [0.15, 0.2) is 15.5 Å². The second-order valence-electron chi connectivity index (χ2n) is 4.14. The topological polar surface area (TPSA) is 122 Å². The predicted octanol–water partition coefficient (Wildman–Crippen LogP) is -1.77. The van der Waals surface area contributed by atoms with Crippen LogP contribution in [0.4, 0.5) is 0 Å². The standard InChI is InChI=1S/C9H12N4O5S/c14-8(12-1-3-19(17,18)4-2-12)6-13-5-7(9(15)16)10-11-13/h5H,1-4,6H2,(H,15,16). The highest BCUT2D eigenvalue weighted by Crippen LogP contribution is 2.05. The first-order valence-electron chi connectivity index (χ1n) is 5.49. The minimum Gasteiger partial charge on any atom is -0.476 e. The highest BCUT2D eigenvalue weighted by atomic mass is 32.2. The number of hydrogen-bond acceptors (Lipinski definition) is 6. The van der Waals surface area contributed by atoms with E-state index in [1.807, 2.05) is 0 Å². The zero-order valence-corrected chi connectivity index (χ0v) is 10.7. The molecule has 2 rings (SSSR count). The lowest BCUT2D eigenvalue weighted by Crippen LogP contribution is -2.45. The summed E-state index contributed by atoms with van der Waals surface area (Å²) in [5.74, 6) is -1.62. The van der Waals surface area contributed by atoms with E-state index in [2.05, 4.69) is 10.3 Å². The van der Waals surface area contributed by atoms with Crippen molar-refractivity contribution in [2.45, 2.75) is 6.54 Å². The number of amides is 1. The summed E-state index contributed by atoms with van der Waals surface area (Å²) in [7, 11) is -3.04. The molecule has 104 valence electrons. The highest BCUT2D eigenvalue weighted by molar-refractivity contribution is 7.91. The summed E-state index contributed by atoms with van der Waals surface area (Å²) in [6.07, 6.45) is 1.15. The largest absolute Gasteiger partial charge is 0.476 e. The van der Waals surface area contributed by atoms with E-state index in [1.54, 1.807) is 0 Å². The molecule has 1 N–H and O–H groups in total. The van der Waals surface area contributed by atoms with Crippen molar-refractivity contribution in [2.75, 3.05) is 24.6 Å². The van der Waals surface area contributed by atoms with E-state index < -0.39 is 15.8 Å². The first kappa shape index (κ1) is 13.5. The Bertz CT molecular complexity index is 594. The first-order valence-corrected chi connectivity index (χ1v) is 7.31. The molecule has 1 aromatic rings. The first-order chi connectivity index (χ1) is 8.87. The van der Waals surface area contributed by atoms with Crippen molar-refractivity contribution in [3.05, 3.63) is 11.9 Å². The Hall–Kier alpha value is -1.97. The van der Waals surface area contributed by atoms with Crippen LogP contribution in [-0.2, 0) is 21.2 Å². The van der Waals surface area contributed by atoms with Crippen LogP contribution >= 0.6 is 0 Å². The molecule has 1 aromatic heterocycles. The highest BCUT2D eigenvalue weighted by Gasteiger charge is 2.25. The second kappa shape index (κ2) is 4.96. The van der Waals surface area contributed by atoms with Crippen molar-refractivity contribution in [2.24, 2.45) is 0 Å². The monoisotopic (exact) mass is 288 g/mol. The number of carboxylic acid groups (broad SMARTS) is 1. The minimum absolute atomic E-state index is 0.0452. The number of rotatable bonds is 3. The molecular weight excluding hydrogens is 276 g/mol. The molecule has 2 heterocycles. The van der Waals surface area contributed by atoms with Gasteiger partial charge in [0.05, 0.1) is 17.7 Å². The molecule has 0 aromatic carbocycles. The van der Waals surface area contributed by atoms with Crippen LogP contribution in [0.15, 0.2) is 6.20 Å². The molecule has 9 nitrogen and oxygen atoms in total. The van der Waals surface area contributed by atoms with Gasteiger partial charge >= 0.3 is 5.97 Å². The van der Waals surface area contributed by atoms with Crippen molar-refractivity contribution in [3.8, 4) is 0 Å². The van der Waals surface area contributed by atoms with Gasteiger partial charge in [-0.1, -0.05) is 5.21 Å². The molecule has 1 fully saturated rings. The molecule has 1 saturated heterocycles. The number of carbonyl (C=O) groups is 2. The number of nitrogens with zero attached hydrogens (tertiary/aromatic N) is 4. The van der Waals surface area contributed by atoms with Gasteiger partial charge in [0.2, 0.25) is 5.91 Å². The SMILES string of the molecule is O=C(O)c1cn(CC(=O)N2CCS(=O)(=O)CC2)nn1. The minimum atomic E-state index is -3.04. The van der Waals surface area contributed by atoms with Gasteiger partial charge < -0.3 is 10.0 Å². The van der Waals surface area contributed by atoms with Crippen LogP contribution in [0.2, 0.25) is 0 Å². The Morgan fingerprint density at radius 3 is 2.47 bits per heavy atom. The number of carbonyl (C=O) groups excluding carboxylic acids is 1. The van der Waals surface area contributed by atoms with E-state index in [9.17, 15) is 18.0 Å². The molecule has 19 heavy (non-hydrogen) atoms.